The van der Waals surface area contributed by atoms with E-state index < -0.39 is 6.04 Å². The van der Waals surface area contributed by atoms with Gasteiger partial charge in [0.25, 0.3) is 5.91 Å². The molecule has 4 nitrogen and oxygen atoms in total. The zero-order chi connectivity index (χ0) is 13.3. The molecule has 0 radical (unpaired) electrons. The second-order valence-electron chi connectivity index (χ2n) is 4.60. The number of nitrogens with one attached hydrogen (secondary N) is 1. The summed E-state index contributed by atoms with van der Waals surface area (Å²) >= 11 is 3.35. The van der Waals surface area contributed by atoms with E-state index in [1.807, 2.05) is 38.1 Å². The Hall–Kier alpha value is -1.36. The molecule has 1 aromatic rings. The quantitative estimate of drug-likeness (QED) is 0.872. The number of hydrogen-bond acceptors (Lipinski definition) is 3. The van der Waals surface area contributed by atoms with E-state index in [1.165, 1.54) is 4.90 Å². The fraction of sp³-hybridized carbons (Fsp3) is 0.385. The highest BCUT2D eigenvalue weighted by Crippen LogP contribution is 2.21. The lowest BCUT2D eigenvalue weighted by atomic mass is 10.2. The summed E-state index contributed by atoms with van der Waals surface area (Å²) in [4.78, 5) is 25.1. The number of rotatable bonds is 3. The summed E-state index contributed by atoms with van der Waals surface area (Å²) in [6.07, 6.45) is 0.229. The maximum absolute atomic E-state index is 12.1. The third-order valence-electron chi connectivity index (χ3n) is 2.88. The fourth-order valence-corrected chi connectivity index (χ4v) is 2.32. The Morgan fingerprint density at radius 3 is 2.39 bits per heavy atom. The molecule has 18 heavy (non-hydrogen) atoms. The first-order valence-corrected chi connectivity index (χ1v) is 6.66. The molecule has 1 heterocycles. The van der Waals surface area contributed by atoms with Crippen molar-refractivity contribution in [1.29, 1.82) is 0 Å². The lowest BCUT2D eigenvalue weighted by molar-refractivity contribution is -0.140. The van der Waals surface area contributed by atoms with Gasteiger partial charge in [0.1, 0.15) is 6.04 Å². The van der Waals surface area contributed by atoms with Gasteiger partial charge in [0.2, 0.25) is 5.91 Å². The molecule has 1 N–H and O–H groups in total. The van der Waals surface area contributed by atoms with E-state index in [1.54, 1.807) is 0 Å². The molecular formula is C13H15BrN2O2. The average Bonchev–Trinajstić information content (AvgIpc) is 2.57. The van der Waals surface area contributed by atoms with E-state index in [2.05, 4.69) is 21.2 Å². The van der Waals surface area contributed by atoms with E-state index >= 15 is 0 Å². The first kappa shape index (κ1) is 13.1. The van der Waals surface area contributed by atoms with Crippen LogP contribution < -0.4 is 5.32 Å². The van der Waals surface area contributed by atoms with Crippen molar-refractivity contribution in [3.8, 4) is 0 Å². The van der Waals surface area contributed by atoms with Gasteiger partial charge < -0.3 is 5.32 Å². The van der Waals surface area contributed by atoms with Gasteiger partial charge in [0, 0.05) is 16.2 Å². The van der Waals surface area contributed by atoms with Crippen LogP contribution in [0, 0.1) is 0 Å². The molecule has 1 aromatic carbocycles. The van der Waals surface area contributed by atoms with Crippen molar-refractivity contribution in [1.82, 2.24) is 4.90 Å². The van der Waals surface area contributed by atoms with Crippen molar-refractivity contribution < 1.29 is 9.59 Å². The van der Waals surface area contributed by atoms with Gasteiger partial charge in [-0.25, -0.2) is 0 Å². The predicted octanol–water partition coefficient (Wildman–Crippen LogP) is 2.40. The molecule has 1 unspecified atom stereocenters. The van der Waals surface area contributed by atoms with Crippen LogP contribution in [-0.2, 0) is 9.59 Å². The van der Waals surface area contributed by atoms with Crippen LogP contribution in [0.3, 0.4) is 0 Å². The van der Waals surface area contributed by atoms with E-state index in [9.17, 15) is 9.59 Å². The summed E-state index contributed by atoms with van der Waals surface area (Å²) in [6, 6.07) is 7.01. The van der Waals surface area contributed by atoms with Gasteiger partial charge in [-0.3, -0.25) is 14.5 Å². The van der Waals surface area contributed by atoms with Gasteiger partial charge in [-0.15, -0.1) is 0 Å². The summed E-state index contributed by atoms with van der Waals surface area (Å²) in [5, 5.41) is 3.10. The summed E-state index contributed by atoms with van der Waals surface area (Å²) in [7, 11) is 0. The van der Waals surface area contributed by atoms with Gasteiger partial charge in [-0.1, -0.05) is 15.9 Å². The molecule has 0 bridgehead atoms. The largest absolute Gasteiger partial charge is 0.373 e. The molecule has 1 fully saturated rings. The van der Waals surface area contributed by atoms with Crippen LogP contribution in [0.15, 0.2) is 28.7 Å². The SMILES string of the molecule is CC(C)N1C(=O)CC(Nc2ccc(Br)cc2)C1=O. The maximum atomic E-state index is 12.1. The molecule has 0 aromatic heterocycles. The minimum Gasteiger partial charge on any atom is -0.373 e. The van der Waals surface area contributed by atoms with Crippen molar-refractivity contribution in [2.24, 2.45) is 0 Å². The van der Waals surface area contributed by atoms with E-state index in [4.69, 9.17) is 0 Å². The fourth-order valence-electron chi connectivity index (χ4n) is 2.05. The minimum atomic E-state index is -0.443. The normalized spacial score (nSPS) is 19.8. The van der Waals surface area contributed by atoms with Crippen molar-refractivity contribution >= 4 is 33.4 Å². The molecule has 1 aliphatic rings. The predicted molar refractivity (Wildman–Crippen MR) is 73.2 cm³/mol. The summed E-state index contributed by atoms with van der Waals surface area (Å²) in [5.41, 5.74) is 0.843. The van der Waals surface area contributed by atoms with Gasteiger partial charge in [0.05, 0.1) is 6.42 Å². The average molecular weight is 311 g/mol. The van der Waals surface area contributed by atoms with Crippen molar-refractivity contribution in [3.05, 3.63) is 28.7 Å². The molecule has 96 valence electrons. The van der Waals surface area contributed by atoms with Crippen molar-refractivity contribution in [2.75, 3.05) is 5.32 Å². The van der Waals surface area contributed by atoms with Gasteiger partial charge in [-0.05, 0) is 38.1 Å². The molecule has 0 saturated carbocycles. The summed E-state index contributed by atoms with van der Waals surface area (Å²) in [5.74, 6) is -0.248. The number of imide groups is 1. The Bertz CT molecular complexity index is 470. The number of halogens is 1. The molecule has 2 rings (SSSR count). The molecule has 5 heteroatoms. The number of carbonyl (C=O) groups excluding carboxylic acids is 2. The van der Waals surface area contributed by atoms with Crippen LogP contribution in [0.2, 0.25) is 0 Å². The van der Waals surface area contributed by atoms with E-state index in [0.717, 1.165) is 10.2 Å². The lowest BCUT2D eigenvalue weighted by Gasteiger charge is -2.19. The Kier molecular flexibility index (Phi) is 3.71. The topological polar surface area (TPSA) is 49.4 Å². The number of benzene rings is 1. The lowest BCUT2D eigenvalue weighted by Crippen LogP contribution is -2.39. The van der Waals surface area contributed by atoms with Crippen LogP contribution in [0.4, 0.5) is 5.69 Å². The van der Waals surface area contributed by atoms with Gasteiger partial charge in [0.15, 0.2) is 0 Å². The number of amides is 2. The highest BCUT2D eigenvalue weighted by molar-refractivity contribution is 9.10. The third kappa shape index (κ3) is 2.56. The summed E-state index contributed by atoms with van der Waals surface area (Å²) < 4.78 is 0.977. The van der Waals surface area contributed by atoms with E-state index in [-0.39, 0.29) is 24.3 Å². The standard InChI is InChI=1S/C13H15BrN2O2/c1-8(2)16-12(17)7-11(13(16)18)15-10-5-3-9(14)4-6-10/h3-6,8,11,15H,7H2,1-2H3. The van der Waals surface area contributed by atoms with Crippen LogP contribution in [-0.4, -0.2) is 28.8 Å². The molecule has 0 aliphatic carbocycles. The number of likely N-dealkylation sites (tertiary alicyclic amines) is 1. The Labute approximate surface area is 114 Å². The first-order valence-electron chi connectivity index (χ1n) is 5.87. The zero-order valence-corrected chi connectivity index (χ0v) is 11.9. The second-order valence-corrected chi connectivity index (χ2v) is 5.52. The van der Waals surface area contributed by atoms with Crippen LogP contribution in [0.1, 0.15) is 20.3 Å². The number of hydrogen-bond donors (Lipinski definition) is 1. The monoisotopic (exact) mass is 310 g/mol. The molecular weight excluding hydrogens is 296 g/mol. The number of nitrogens with zero attached hydrogens (tertiary/aromatic N) is 1. The molecule has 0 spiro atoms. The van der Waals surface area contributed by atoms with Crippen LogP contribution in [0.25, 0.3) is 0 Å². The number of anilines is 1. The Morgan fingerprint density at radius 2 is 1.89 bits per heavy atom. The van der Waals surface area contributed by atoms with Crippen molar-refractivity contribution in [2.45, 2.75) is 32.4 Å². The van der Waals surface area contributed by atoms with Gasteiger partial charge in [-0.2, -0.15) is 0 Å². The van der Waals surface area contributed by atoms with Crippen LogP contribution >= 0.6 is 15.9 Å². The highest BCUT2D eigenvalue weighted by atomic mass is 79.9. The van der Waals surface area contributed by atoms with Gasteiger partial charge >= 0.3 is 0 Å². The molecule has 1 saturated heterocycles. The minimum absolute atomic E-state index is 0.0817. The highest BCUT2D eigenvalue weighted by Gasteiger charge is 2.39. The first-order chi connectivity index (χ1) is 8.49. The number of carbonyl (C=O) groups is 2. The second kappa shape index (κ2) is 5.10. The molecule has 2 amide bonds. The van der Waals surface area contributed by atoms with Crippen LogP contribution in [0.5, 0.6) is 0 Å². The molecule has 1 atom stereocenters. The van der Waals surface area contributed by atoms with Crippen molar-refractivity contribution in [3.63, 3.8) is 0 Å². The van der Waals surface area contributed by atoms with E-state index in [0.29, 0.717) is 0 Å². The smallest absolute Gasteiger partial charge is 0.252 e. The third-order valence-corrected chi connectivity index (χ3v) is 3.41. The maximum Gasteiger partial charge on any atom is 0.252 e. The Balaban J connectivity index is 2.10. The molecule has 1 aliphatic heterocycles. The zero-order valence-electron chi connectivity index (χ0n) is 10.3. The summed E-state index contributed by atoms with van der Waals surface area (Å²) in [6.45, 7) is 3.69. The Morgan fingerprint density at radius 1 is 1.28 bits per heavy atom.